The maximum absolute atomic E-state index is 13.6. The van der Waals surface area contributed by atoms with Gasteiger partial charge in [-0.05, 0) is 50.7 Å². The molecule has 0 aromatic carbocycles. The molecule has 1 aromatic heterocycles. The number of halogens is 2. The van der Waals surface area contributed by atoms with Crippen molar-refractivity contribution in [1.29, 1.82) is 0 Å². The molecule has 6 nitrogen and oxygen atoms in total. The molecular formula is C20H26F2N2O4. The molecule has 1 saturated carbocycles. The number of piperidine rings is 1. The number of hydrogen-bond acceptors (Lipinski definition) is 5. The summed E-state index contributed by atoms with van der Waals surface area (Å²) in [5.74, 6) is -3.19. The summed E-state index contributed by atoms with van der Waals surface area (Å²) in [4.78, 5) is 30.0. The highest BCUT2D eigenvalue weighted by Gasteiger charge is 2.59. The zero-order chi connectivity index (χ0) is 20.7. The standard InChI is InChI=1S/C20H26F2N2O4/c1-18(2,3)28-17(26)24-8-7-19(11-20(21,22)12-19)9-15(24)13-5-6-14(23-10-13)16(25)27-4/h5-6,10,15H,7-9,11-12H2,1-4H3. The molecule has 1 amide bonds. The lowest BCUT2D eigenvalue weighted by molar-refractivity contribution is -0.183. The Kier molecular flexibility index (Phi) is 5.10. The number of alkyl halides is 2. The number of ether oxygens (including phenoxy) is 2. The third-order valence-corrected chi connectivity index (χ3v) is 5.35. The second-order valence-electron chi connectivity index (χ2n) is 8.82. The van der Waals surface area contributed by atoms with Crippen molar-refractivity contribution in [2.45, 2.75) is 64.0 Å². The first kappa shape index (κ1) is 20.5. The SMILES string of the molecule is COC(=O)c1ccc(C2CC3(CCN2C(=O)OC(C)(C)C)CC(F)(F)C3)cn1. The molecule has 2 heterocycles. The predicted octanol–water partition coefficient (Wildman–Crippen LogP) is 4.36. The molecule has 1 unspecified atom stereocenters. The van der Waals surface area contributed by atoms with Crippen molar-refractivity contribution >= 4 is 12.1 Å². The van der Waals surface area contributed by atoms with E-state index < -0.39 is 35.0 Å². The van der Waals surface area contributed by atoms with Crippen molar-refractivity contribution in [3.05, 3.63) is 29.6 Å². The Bertz CT molecular complexity index is 750. The second-order valence-corrected chi connectivity index (χ2v) is 8.82. The highest BCUT2D eigenvalue weighted by atomic mass is 19.3. The molecule has 8 heteroatoms. The minimum absolute atomic E-state index is 0.149. The van der Waals surface area contributed by atoms with Gasteiger partial charge >= 0.3 is 12.1 Å². The van der Waals surface area contributed by atoms with Crippen LogP contribution in [0.5, 0.6) is 0 Å². The Morgan fingerprint density at radius 2 is 1.93 bits per heavy atom. The fraction of sp³-hybridized carbons (Fsp3) is 0.650. The number of aromatic nitrogens is 1. The second kappa shape index (κ2) is 6.97. The number of rotatable bonds is 2. The molecule has 1 aromatic rings. The van der Waals surface area contributed by atoms with Gasteiger partial charge in [0.25, 0.3) is 0 Å². The first-order chi connectivity index (χ1) is 12.9. The van der Waals surface area contributed by atoms with Gasteiger partial charge in [0.15, 0.2) is 0 Å². The highest BCUT2D eigenvalue weighted by Crippen LogP contribution is 2.60. The fourth-order valence-electron chi connectivity index (χ4n) is 4.17. The van der Waals surface area contributed by atoms with E-state index in [1.165, 1.54) is 19.4 Å². The van der Waals surface area contributed by atoms with Crippen molar-refractivity contribution in [2.24, 2.45) is 5.41 Å². The Hall–Kier alpha value is -2.25. The molecule has 2 fully saturated rings. The van der Waals surface area contributed by atoms with E-state index >= 15 is 0 Å². The Morgan fingerprint density at radius 1 is 1.25 bits per heavy atom. The van der Waals surface area contributed by atoms with Gasteiger partial charge in [-0.25, -0.2) is 23.4 Å². The lowest BCUT2D eigenvalue weighted by atomic mass is 9.59. The molecule has 2 aliphatic rings. The van der Waals surface area contributed by atoms with Crippen LogP contribution in [0, 0.1) is 5.41 Å². The molecule has 3 rings (SSSR count). The van der Waals surface area contributed by atoms with Crippen LogP contribution in [0.1, 0.15) is 68.5 Å². The zero-order valence-electron chi connectivity index (χ0n) is 16.6. The summed E-state index contributed by atoms with van der Waals surface area (Å²) in [6.45, 7) is 5.69. The van der Waals surface area contributed by atoms with E-state index in [1.54, 1.807) is 31.7 Å². The van der Waals surface area contributed by atoms with Crippen LogP contribution in [0.15, 0.2) is 18.3 Å². The highest BCUT2D eigenvalue weighted by molar-refractivity contribution is 5.87. The van der Waals surface area contributed by atoms with Crippen LogP contribution in [0.2, 0.25) is 0 Å². The van der Waals surface area contributed by atoms with E-state index in [0.29, 0.717) is 24.9 Å². The summed E-state index contributed by atoms with van der Waals surface area (Å²) in [6, 6.07) is 2.78. The Morgan fingerprint density at radius 3 is 2.43 bits per heavy atom. The molecule has 28 heavy (non-hydrogen) atoms. The van der Waals surface area contributed by atoms with Crippen LogP contribution < -0.4 is 0 Å². The number of nitrogens with zero attached hydrogens (tertiary/aromatic N) is 2. The molecular weight excluding hydrogens is 370 g/mol. The largest absolute Gasteiger partial charge is 0.464 e. The van der Waals surface area contributed by atoms with Gasteiger partial charge in [0, 0.05) is 25.6 Å². The number of pyridine rings is 1. The molecule has 1 aliphatic heterocycles. The average Bonchev–Trinajstić information content (AvgIpc) is 2.58. The number of likely N-dealkylation sites (tertiary alicyclic amines) is 1. The minimum atomic E-state index is -2.63. The van der Waals surface area contributed by atoms with Crippen LogP contribution in [0.25, 0.3) is 0 Å². The van der Waals surface area contributed by atoms with Gasteiger partial charge in [0.2, 0.25) is 5.92 Å². The normalized spacial score (nSPS) is 23.1. The van der Waals surface area contributed by atoms with E-state index in [0.717, 1.165) is 0 Å². The smallest absolute Gasteiger partial charge is 0.410 e. The van der Waals surface area contributed by atoms with Gasteiger partial charge < -0.3 is 14.4 Å². The third-order valence-electron chi connectivity index (χ3n) is 5.35. The van der Waals surface area contributed by atoms with Crippen LogP contribution >= 0.6 is 0 Å². The van der Waals surface area contributed by atoms with E-state index in [9.17, 15) is 18.4 Å². The molecule has 1 spiro atoms. The first-order valence-corrected chi connectivity index (χ1v) is 9.35. The zero-order valence-corrected chi connectivity index (χ0v) is 16.6. The molecule has 1 atom stereocenters. The maximum Gasteiger partial charge on any atom is 0.410 e. The van der Waals surface area contributed by atoms with Gasteiger partial charge in [-0.1, -0.05) is 6.07 Å². The Labute approximate surface area is 163 Å². The average molecular weight is 396 g/mol. The van der Waals surface area contributed by atoms with Gasteiger partial charge in [0.1, 0.15) is 11.3 Å². The van der Waals surface area contributed by atoms with Crippen LogP contribution in [0.3, 0.4) is 0 Å². The van der Waals surface area contributed by atoms with E-state index in [2.05, 4.69) is 9.72 Å². The van der Waals surface area contributed by atoms with Gasteiger partial charge in [-0.15, -0.1) is 0 Å². The molecule has 1 saturated heterocycles. The van der Waals surface area contributed by atoms with Gasteiger partial charge in [-0.3, -0.25) is 0 Å². The van der Waals surface area contributed by atoms with Gasteiger partial charge in [-0.2, -0.15) is 0 Å². The molecule has 0 N–H and O–H groups in total. The van der Waals surface area contributed by atoms with E-state index in [4.69, 9.17) is 4.74 Å². The lowest BCUT2D eigenvalue weighted by Crippen LogP contribution is -2.54. The first-order valence-electron chi connectivity index (χ1n) is 9.35. The number of amides is 1. The molecule has 1 aliphatic carbocycles. The quantitative estimate of drug-likeness (QED) is 0.695. The monoisotopic (exact) mass is 396 g/mol. The van der Waals surface area contributed by atoms with Crippen molar-refractivity contribution in [1.82, 2.24) is 9.88 Å². The van der Waals surface area contributed by atoms with Crippen LogP contribution in [-0.4, -0.2) is 47.1 Å². The summed E-state index contributed by atoms with van der Waals surface area (Å²) in [5, 5.41) is 0. The fourth-order valence-corrected chi connectivity index (χ4v) is 4.17. The Balaban J connectivity index is 1.86. The van der Waals surface area contributed by atoms with E-state index in [1.807, 2.05) is 0 Å². The van der Waals surface area contributed by atoms with Crippen molar-refractivity contribution < 1.29 is 27.8 Å². The van der Waals surface area contributed by atoms with Gasteiger partial charge in [0.05, 0.1) is 13.2 Å². The third kappa shape index (κ3) is 4.25. The maximum atomic E-state index is 13.6. The van der Waals surface area contributed by atoms with E-state index in [-0.39, 0.29) is 18.5 Å². The summed E-state index contributed by atoms with van der Waals surface area (Å²) < 4.78 is 37.3. The summed E-state index contributed by atoms with van der Waals surface area (Å²) in [7, 11) is 1.27. The lowest BCUT2D eigenvalue weighted by Gasteiger charge is -2.54. The topological polar surface area (TPSA) is 68.7 Å². The number of carbonyl (C=O) groups is 2. The van der Waals surface area contributed by atoms with Crippen LogP contribution in [-0.2, 0) is 9.47 Å². The van der Waals surface area contributed by atoms with Crippen molar-refractivity contribution in [3.8, 4) is 0 Å². The summed E-state index contributed by atoms with van der Waals surface area (Å²) in [6.07, 6.45) is 1.64. The van der Waals surface area contributed by atoms with Crippen LogP contribution in [0.4, 0.5) is 13.6 Å². The minimum Gasteiger partial charge on any atom is -0.464 e. The van der Waals surface area contributed by atoms with Crippen molar-refractivity contribution in [3.63, 3.8) is 0 Å². The summed E-state index contributed by atoms with van der Waals surface area (Å²) >= 11 is 0. The van der Waals surface area contributed by atoms with Crippen molar-refractivity contribution in [2.75, 3.05) is 13.7 Å². The predicted molar refractivity (Wildman–Crippen MR) is 97.1 cm³/mol. The summed E-state index contributed by atoms with van der Waals surface area (Å²) in [5.41, 5.74) is -0.301. The number of methoxy groups -OCH3 is 1. The molecule has 154 valence electrons. The molecule has 0 bridgehead atoms. The number of esters is 1. The number of hydrogen-bond donors (Lipinski definition) is 0. The number of carbonyl (C=O) groups excluding carboxylic acids is 2. The molecule has 0 radical (unpaired) electrons.